The minimum Gasteiger partial charge on any atom is -0.466 e. The van der Waals surface area contributed by atoms with E-state index < -0.39 is 0 Å². The second-order valence-electron chi connectivity index (χ2n) is 4.15. The zero-order valence-corrected chi connectivity index (χ0v) is 11.1. The smallest absolute Gasteiger partial charge is 0.307 e. The molecule has 0 unspecified atom stereocenters. The van der Waals surface area contributed by atoms with Crippen molar-refractivity contribution in [3.05, 3.63) is 30.0 Å². The van der Waals surface area contributed by atoms with Crippen molar-refractivity contribution in [3.63, 3.8) is 0 Å². The second-order valence-corrected chi connectivity index (χ2v) is 4.15. The average Bonchev–Trinajstić information content (AvgIpc) is 2.87. The number of benzene rings is 1. The summed E-state index contributed by atoms with van der Waals surface area (Å²) in [6, 6.07) is 5.33. The molecule has 0 spiro atoms. The monoisotopic (exact) mass is 276 g/mol. The van der Waals surface area contributed by atoms with Crippen LogP contribution < -0.4 is 5.48 Å². The van der Waals surface area contributed by atoms with Crippen LogP contribution in [-0.4, -0.2) is 33.4 Å². The lowest BCUT2D eigenvalue weighted by Crippen LogP contribution is -2.18. The van der Waals surface area contributed by atoms with Crippen LogP contribution >= 0.6 is 0 Å². The number of nitrogens with one attached hydrogen (secondary N) is 2. The highest BCUT2D eigenvalue weighted by Gasteiger charge is 2.11. The molecule has 7 heteroatoms. The van der Waals surface area contributed by atoms with Gasteiger partial charge >= 0.3 is 5.97 Å². The van der Waals surface area contributed by atoms with E-state index in [0.717, 1.165) is 10.9 Å². The third kappa shape index (κ3) is 2.77. The number of nitrogens with zero attached hydrogens (tertiary/aromatic N) is 2. The summed E-state index contributed by atoms with van der Waals surface area (Å²) in [6.07, 6.45) is 1.85. The highest BCUT2D eigenvalue weighted by Crippen LogP contribution is 2.18. The summed E-state index contributed by atoms with van der Waals surface area (Å²) < 4.78 is 6.56. The summed E-state index contributed by atoms with van der Waals surface area (Å²) >= 11 is 0. The predicted molar refractivity (Wildman–Crippen MR) is 72.7 cm³/mol. The van der Waals surface area contributed by atoms with E-state index in [0.29, 0.717) is 18.7 Å². The fraction of sp³-hybridized carbons (Fsp3) is 0.308. The van der Waals surface area contributed by atoms with Crippen molar-refractivity contribution in [1.29, 1.82) is 5.41 Å². The molecule has 0 radical (unpaired) electrons. The number of rotatable bonds is 5. The van der Waals surface area contributed by atoms with Crippen LogP contribution in [0.4, 0.5) is 0 Å². The Labute approximate surface area is 115 Å². The number of hydroxylamine groups is 1. The number of amidine groups is 1. The standard InChI is InChI=1S/C13H16N4O3/c1-2-20-12(18)6-7-17-11-5-3-4-9(13(14)16-19)10(11)8-15-17/h3-5,8,19H,2,6-7H2,1H3,(H2,14,16). The minimum absolute atomic E-state index is 0.0967. The third-order valence-corrected chi connectivity index (χ3v) is 2.90. The molecule has 0 aliphatic rings. The van der Waals surface area contributed by atoms with Crippen LogP contribution in [0.2, 0.25) is 0 Å². The molecule has 1 aromatic heterocycles. The molecular weight excluding hydrogens is 260 g/mol. The van der Waals surface area contributed by atoms with Crippen molar-refractivity contribution in [2.75, 3.05) is 6.61 Å². The maximum absolute atomic E-state index is 11.4. The van der Waals surface area contributed by atoms with E-state index in [-0.39, 0.29) is 18.2 Å². The molecule has 2 aromatic rings. The summed E-state index contributed by atoms with van der Waals surface area (Å²) in [4.78, 5) is 11.4. The topological polar surface area (TPSA) is 100 Å². The number of esters is 1. The van der Waals surface area contributed by atoms with Gasteiger partial charge in [0.05, 0.1) is 31.3 Å². The van der Waals surface area contributed by atoms with Gasteiger partial charge in [-0.15, -0.1) is 0 Å². The second kappa shape index (κ2) is 6.16. The summed E-state index contributed by atoms with van der Waals surface area (Å²) in [6.45, 7) is 2.54. The van der Waals surface area contributed by atoms with Crippen molar-refractivity contribution in [3.8, 4) is 0 Å². The van der Waals surface area contributed by atoms with Crippen molar-refractivity contribution in [2.45, 2.75) is 19.9 Å². The molecule has 20 heavy (non-hydrogen) atoms. The van der Waals surface area contributed by atoms with E-state index in [2.05, 4.69) is 5.10 Å². The van der Waals surface area contributed by atoms with Gasteiger partial charge in [-0.2, -0.15) is 5.10 Å². The van der Waals surface area contributed by atoms with Gasteiger partial charge in [0.1, 0.15) is 5.84 Å². The van der Waals surface area contributed by atoms with Crippen LogP contribution in [0.5, 0.6) is 0 Å². The molecule has 0 amide bonds. The molecule has 7 nitrogen and oxygen atoms in total. The van der Waals surface area contributed by atoms with Crippen molar-refractivity contribution in [1.82, 2.24) is 15.3 Å². The lowest BCUT2D eigenvalue weighted by atomic mass is 10.1. The SMILES string of the molecule is CCOC(=O)CCn1ncc2c(C(=N)NO)cccc21. The number of carbonyl (C=O) groups excluding carboxylic acids is 1. The van der Waals surface area contributed by atoms with Gasteiger partial charge in [-0.05, 0) is 13.0 Å². The molecule has 1 heterocycles. The first-order valence-electron chi connectivity index (χ1n) is 6.26. The van der Waals surface area contributed by atoms with Crippen LogP contribution in [0.25, 0.3) is 10.9 Å². The van der Waals surface area contributed by atoms with E-state index in [1.807, 2.05) is 11.5 Å². The molecule has 0 atom stereocenters. The normalized spacial score (nSPS) is 10.5. The van der Waals surface area contributed by atoms with Crippen LogP contribution in [0.3, 0.4) is 0 Å². The first-order chi connectivity index (χ1) is 9.67. The van der Waals surface area contributed by atoms with Gasteiger partial charge < -0.3 is 4.74 Å². The van der Waals surface area contributed by atoms with Gasteiger partial charge in [-0.1, -0.05) is 12.1 Å². The number of ether oxygens (including phenoxy) is 1. The lowest BCUT2D eigenvalue weighted by molar-refractivity contribution is -0.143. The molecule has 106 valence electrons. The number of hydrogen-bond acceptors (Lipinski definition) is 5. The van der Waals surface area contributed by atoms with E-state index >= 15 is 0 Å². The van der Waals surface area contributed by atoms with Gasteiger partial charge in [0.15, 0.2) is 0 Å². The fourth-order valence-corrected chi connectivity index (χ4v) is 1.99. The lowest BCUT2D eigenvalue weighted by Gasteiger charge is -2.06. The minimum atomic E-state index is -0.267. The molecular formula is C13H16N4O3. The molecule has 0 saturated heterocycles. The van der Waals surface area contributed by atoms with E-state index in [1.165, 1.54) is 0 Å². The fourth-order valence-electron chi connectivity index (χ4n) is 1.99. The maximum atomic E-state index is 11.4. The molecule has 0 bridgehead atoms. The Bertz CT molecular complexity index is 636. The predicted octanol–water partition coefficient (Wildman–Crippen LogP) is 1.29. The van der Waals surface area contributed by atoms with Crippen LogP contribution in [0.15, 0.2) is 24.4 Å². The van der Waals surface area contributed by atoms with Crippen LogP contribution in [-0.2, 0) is 16.1 Å². The molecule has 0 fully saturated rings. The Morgan fingerprint density at radius 3 is 3.05 bits per heavy atom. The molecule has 0 saturated carbocycles. The van der Waals surface area contributed by atoms with Crippen LogP contribution in [0, 0.1) is 5.41 Å². The Hall–Kier alpha value is -2.41. The Balaban J connectivity index is 2.24. The summed E-state index contributed by atoms with van der Waals surface area (Å²) in [5.74, 6) is -0.363. The molecule has 0 aliphatic heterocycles. The summed E-state index contributed by atoms with van der Waals surface area (Å²) in [5.41, 5.74) is 3.17. The Kier molecular flexibility index (Phi) is 4.31. The van der Waals surface area contributed by atoms with Crippen molar-refractivity contribution < 1.29 is 14.7 Å². The molecule has 2 rings (SSSR count). The number of aromatic nitrogens is 2. The number of carbonyl (C=O) groups is 1. The number of fused-ring (bicyclic) bond motifs is 1. The Morgan fingerprint density at radius 2 is 2.35 bits per heavy atom. The average molecular weight is 276 g/mol. The van der Waals surface area contributed by atoms with E-state index in [1.54, 1.807) is 29.9 Å². The summed E-state index contributed by atoms with van der Waals surface area (Å²) in [5, 5.41) is 21.4. The third-order valence-electron chi connectivity index (χ3n) is 2.90. The highest BCUT2D eigenvalue weighted by molar-refractivity contribution is 6.07. The number of aryl methyl sites for hydroxylation is 1. The molecule has 0 aliphatic carbocycles. The maximum Gasteiger partial charge on any atom is 0.307 e. The van der Waals surface area contributed by atoms with E-state index in [9.17, 15) is 4.79 Å². The zero-order valence-electron chi connectivity index (χ0n) is 11.1. The highest BCUT2D eigenvalue weighted by atomic mass is 16.5. The molecule has 3 N–H and O–H groups in total. The van der Waals surface area contributed by atoms with Gasteiger partial charge in [0.25, 0.3) is 0 Å². The quantitative estimate of drug-likeness (QED) is 0.331. The first-order valence-corrected chi connectivity index (χ1v) is 6.26. The Morgan fingerprint density at radius 1 is 1.55 bits per heavy atom. The van der Waals surface area contributed by atoms with Crippen molar-refractivity contribution >= 4 is 22.7 Å². The zero-order chi connectivity index (χ0) is 14.5. The number of hydrogen-bond donors (Lipinski definition) is 3. The van der Waals surface area contributed by atoms with Gasteiger partial charge in [-0.3, -0.25) is 25.6 Å². The molecule has 1 aromatic carbocycles. The van der Waals surface area contributed by atoms with Gasteiger partial charge in [-0.25, -0.2) is 0 Å². The largest absolute Gasteiger partial charge is 0.466 e. The van der Waals surface area contributed by atoms with Crippen LogP contribution in [0.1, 0.15) is 18.9 Å². The summed E-state index contributed by atoms with van der Waals surface area (Å²) in [7, 11) is 0. The van der Waals surface area contributed by atoms with Crippen molar-refractivity contribution in [2.24, 2.45) is 0 Å². The van der Waals surface area contributed by atoms with E-state index in [4.69, 9.17) is 15.4 Å². The first kappa shape index (κ1) is 14.0. The van der Waals surface area contributed by atoms with Gasteiger partial charge in [0, 0.05) is 10.9 Å². The van der Waals surface area contributed by atoms with Gasteiger partial charge in [0.2, 0.25) is 0 Å².